The average Bonchev–Trinajstić information content (AvgIpc) is 2.62. The van der Waals surface area contributed by atoms with Crippen molar-refractivity contribution in [3.8, 4) is 0 Å². The Kier molecular flexibility index (Phi) is 4.24. The molecule has 1 unspecified atom stereocenters. The summed E-state index contributed by atoms with van der Waals surface area (Å²) in [6.45, 7) is 1.98. The lowest BCUT2D eigenvalue weighted by molar-refractivity contribution is 0.417. The highest BCUT2D eigenvalue weighted by atomic mass is 32.2. The molecule has 0 saturated carbocycles. The number of rotatable bonds is 5. The Morgan fingerprint density at radius 2 is 2.31 bits per heavy atom. The molecule has 0 radical (unpaired) electrons. The molecule has 1 heterocycles. The van der Waals surface area contributed by atoms with Gasteiger partial charge in [0, 0.05) is 6.42 Å². The number of aryl methyl sites for hydroxylation is 1. The number of nitrogens with zero attached hydrogens (tertiary/aromatic N) is 2. The van der Waals surface area contributed by atoms with E-state index in [1.54, 1.807) is 11.8 Å². The molecule has 0 fully saturated rings. The van der Waals surface area contributed by atoms with E-state index in [2.05, 4.69) is 16.5 Å². The van der Waals surface area contributed by atoms with E-state index in [9.17, 15) is 0 Å². The largest absolute Gasteiger partial charge is 0.424 e. The third-order valence-corrected chi connectivity index (χ3v) is 2.38. The van der Waals surface area contributed by atoms with E-state index in [1.807, 2.05) is 6.92 Å². The van der Waals surface area contributed by atoms with Crippen molar-refractivity contribution in [1.29, 1.82) is 0 Å². The SMILES string of the molecule is CCc1nnc(C(N)CCSC)o1. The Bertz CT molecular complexity index is 251. The monoisotopic (exact) mass is 201 g/mol. The van der Waals surface area contributed by atoms with Crippen LogP contribution in [0.15, 0.2) is 4.42 Å². The molecule has 74 valence electrons. The Morgan fingerprint density at radius 1 is 1.54 bits per heavy atom. The van der Waals surface area contributed by atoms with Gasteiger partial charge >= 0.3 is 0 Å². The van der Waals surface area contributed by atoms with Gasteiger partial charge in [-0.1, -0.05) is 6.92 Å². The fraction of sp³-hybridized carbons (Fsp3) is 0.750. The first-order valence-electron chi connectivity index (χ1n) is 4.34. The normalized spacial score (nSPS) is 13.2. The molecule has 2 N–H and O–H groups in total. The lowest BCUT2D eigenvalue weighted by Crippen LogP contribution is -2.11. The Hall–Kier alpha value is -0.550. The van der Waals surface area contributed by atoms with Crippen molar-refractivity contribution in [3.05, 3.63) is 11.8 Å². The summed E-state index contributed by atoms with van der Waals surface area (Å²) >= 11 is 1.77. The van der Waals surface area contributed by atoms with Crippen molar-refractivity contribution in [2.24, 2.45) is 5.73 Å². The zero-order valence-electron chi connectivity index (χ0n) is 7.99. The molecule has 4 nitrogen and oxygen atoms in total. The Labute approximate surface area is 82.3 Å². The summed E-state index contributed by atoms with van der Waals surface area (Å²) in [5.74, 6) is 2.24. The molecule has 0 saturated heterocycles. The second-order valence-corrected chi connectivity index (χ2v) is 3.76. The minimum Gasteiger partial charge on any atom is -0.424 e. The van der Waals surface area contributed by atoms with Crippen LogP contribution in [-0.4, -0.2) is 22.2 Å². The van der Waals surface area contributed by atoms with Gasteiger partial charge < -0.3 is 10.2 Å². The van der Waals surface area contributed by atoms with Crippen LogP contribution in [0.25, 0.3) is 0 Å². The highest BCUT2D eigenvalue weighted by Gasteiger charge is 2.12. The van der Waals surface area contributed by atoms with E-state index >= 15 is 0 Å². The van der Waals surface area contributed by atoms with E-state index in [-0.39, 0.29) is 6.04 Å². The van der Waals surface area contributed by atoms with Gasteiger partial charge in [0.1, 0.15) is 0 Å². The third kappa shape index (κ3) is 3.00. The van der Waals surface area contributed by atoms with Crippen LogP contribution in [0.4, 0.5) is 0 Å². The van der Waals surface area contributed by atoms with Crippen LogP contribution in [0.5, 0.6) is 0 Å². The van der Waals surface area contributed by atoms with Gasteiger partial charge in [0.05, 0.1) is 6.04 Å². The van der Waals surface area contributed by atoms with Crippen LogP contribution in [0.3, 0.4) is 0 Å². The van der Waals surface area contributed by atoms with Crippen LogP contribution in [0, 0.1) is 0 Å². The number of nitrogens with two attached hydrogens (primary N) is 1. The first-order valence-corrected chi connectivity index (χ1v) is 5.74. The van der Waals surface area contributed by atoms with Crippen molar-refractivity contribution in [1.82, 2.24) is 10.2 Å². The van der Waals surface area contributed by atoms with Crippen LogP contribution in [0.2, 0.25) is 0 Å². The zero-order chi connectivity index (χ0) is 9.68. The van der Waals surface area contributed by atoms with Crippen molar-refractivity contribution < 1.29 is 4.42 Å². The van der Waals surface area contributed by atoms with Gasteiger partial charge in [-0.25, -0.2) is 0 Å². The minimum atomic E-state index is -0.111. The average molecular weight is 201 g/mol. The molecule has 1 aromatic heterocycles. The Balaban J connectivity index is 2.50. The standard InChI is InChI=1S/C8H15N3OS/c1-3-7-10-11-8(12-7)6(9)4-5-13-2/h6H,3-5,9H2,1-2H3. The van der Waals surface area contributed by atoms with E-state index in [0.29, 0.717) is 11.8 Å². The molecular weight excluding hydrogens is 186 g/mol. The quantitative estimate of drug-likeness (QED) is 0.779. The van der Waals surface area contributed by atoms with Gasteiger partial charge in [-0.15, -0.1) is 10.2 Å². The molecule has 0 spiro atoms. The van der Waals surface area contributed by atoms with Crippen LogP contribution < -0.4 is 5.73 Å². The summed E-state index contributed by atoms with van der Waals surface area (Å²) in [4.78, 5) is 0. The predicted octanol–water partition coefficient (Wildman–Crippen LogP) is 1.38. The molecule has 0 bridgehead atoms. The van der Waals surface area contributed by atoms with Crippen molar-refractivity contribution in [3.63, 3.8) is 0 Å². The highest BCUT2D eigenvalue weighted by Crippen LogP contribution is 2.14. The van der Waals surface area contributed by atoms with Crippen LogP contribution >= 0.6 is 11.8 Å². The smallest absolute Gasteiger partial charge is 0.233 e. The first kappa shape index (κ1) is 10.5. The van der Waals surface area contributed by atoms with Gasteiger partial charge in [-0.3, -0.25) is 0 Å². The second kappa shape index (κ2) is 5.24. The number of hydrogen-bond acceptors (Lipinski definition) is 5. The lowest BCUT2D eigenvalue weighted by Gasteiger charge is -2.03. The zero-order valence-corrected chi connectivity index (χ0v) is 8.80. The summed E-state index contributed by atoms with van der Waals surface area (Å²) < 4.78 is 5.34. The topological polar surface area (TPSA) is 64.9 Å². The minimum absolute atomic E-state index is 0.111. The van der Waals surface area contributed by atoms with Crippen LogP contribution in [0.1, 0.15) is 31.2 Å². The maximum atomic E-state index is 5.84. The molecule has 0 aliphatic rings. The molecule has 0 aromatic carbocycles. The maximum absolute atomic E-state index is 5.84. The Morgan fingerprint density at radius 3 is 2.85 bits per heavy atom. The fourth-order valence-corrected chi connectivity index (χ4v) is 1.42. The second-order valence-electron chi connectivity index (χ2n) is 2.78. The van der Waals surface area contributed by atoms with Crippen molar-refractivity contribution in [2.45, 2.75) is 25.8 Å². The molecule has 0 aliphatic heterocycles. The van der Waals surface area contributed by atoms with Crippen molar-refractivity contribution >= 4 is 11.8 Å². The molecule has 13 heavy (non-hydrogen) atoms. The predicted molar refractivity (Wildman–Crippen MR) is 53.6 cm³/mol. The number of hydrogen-bond donors (Lipinski definition) is 1. The summed E-state index contributed by atoms with van der Waals surface area (Å²) in [5.41, 5.74) is 5.84. The van der Waals surface area contributed by atoms with E-state index in [0.717, 1.165) is 18.6 Å². The van der Waals surface area contributed by atoms with Crippen LogP contribution in [-0.2, 0) is 6.42 Å². The van der Waals surface area contributed by atoms with Gasteiger partial charge in [-0.05, 0) is 18.4 Å². The van der Waals surface area contributed by atoms with Gasteiger partial charge in [-0.2, -0.15) is 11.8 Å². The third-order valence-electron chi connectivity index (χ3n) is 1.74. The number of thioether (sulfide) groups is 1. The summed E-state index contributed by atoms with van der Waals surface area (Å²) in [6, 6.07) is -0.111. The summed E-state index contributed by atoms with van der Waals surface area (Å²) in [6.07, 6.45) is 3.70. The van der Waals surface area contributed by atoms with Gasteiger partial charge in [0.25, 0.3) is 0 Å². The first-order chi connectivity index (χ1) is 6.27. The lowest BCUT2D eigenvalue weighted by atomic mass is 10.2. The van der Waals surface area contributed by atoms with E-state index in [1.165, 1.54) is 0 Å². The highest BCUT2D eigenvalue weighted by molar-refractivity contribution is 7.98. The van der Waals surface area contributed by atoms with E-state index in [4.69, 9.17) is 10.2 Å². The molecule has 1 atom stereocenters. The molecule has 1 rings (SSSR count). The molecule has 0 amide bonds. The molecule has 5 heteroatoms. The summed E-state index contributed by atoms with van der Waals surface area (Å²) in [7, 11) is 0. The maximum Gasteiger partial charge on any atom is 0.233 e. The van der Waals surface area contributed by atoms with Gasteiger partial charge in [0.15, 0.2) is 0 Å². The van der Waals surface area contributed by atoms with Gasteiger partial charge in [0.2, 0.25) is 11.8 Å². The summed E-state index contributed by atoms with van der Waals surface area (Å²) in [5, 5.41) is 7.75. The van der Waals surface area contributed by atoms with E-state index < -0.39 is 0 Å². The fourth-order valence-electron chi connectivity index (χ4n) is 0.928. The van der Waals surface area contributed by atoms with Crippen molar-refractivity contribution in [2.75, 3.05) is 12.0 Å². The molecular formula is C8H15N3OS. The molecule has 1 aromatic rings. The molecule has 0 aliphatic carbocycles. The number of aromatic nitrogens is 2.